The molecule has 41 heavy (non-hydrogen) atoms. The van der Waals surface area contributed by atoms with Gasteiger partial charge in [-0.15, -0.1) is 0 Å². The first-order chi connectivity index (χ1) is 19.2. The fraction of sp³-hybridized carbons (Fsp3) is 0.276. The molecule has 0 heterocycles. The summed E-state index contributed by atoms with van der Waals surface area (Å²) in [4.78, 5) is 36.8. The van der Waals surface area contributed by atoms with Crippen LogP contribution in [0.1, 0.15) is 71.4 Å². The second-order valence-corrected chi connectivity index (χ2v) is 12.2. The Morgan fingerprint density at radius 1 is 1.02 bits per heavy atom. The Bertz CT molecular complexity index is 1570. The molecule has 3 aromatic carbocycles. The molecule has 3 aromatic rings. The van der Waals surface area contributed by atoms with Crippen LogP contribution in [0.2, 0.25) is 5.02 Å². The largest absolute Gasteiger partial charge is 0.481 e. The summed E-state index contributed by atoms with van der Waals surface area (Å²) in [5.41, 5.74) is 0.0229. The fourth-order valence-corrected chi connectivity index (χ4v) is 5.09. The predicted octanol–water partition coefficient (Wildman–Crippen LogP) is 6.36. The maximum atomic E-state index is 14.7. The lowest BCUT2D eigenvalue weighted by Gasteiger charge is -2.21. The molecule has 0 spiro atoms. The summed E-state index contributed by atoms with van der Waals surface area (Å²) < 4.78 is 50.4. The number of aliphatic carboxylic acids is 1. The summed E-state index contributed by atoms with van der Waals surface area (Å²) in [6.45, 7) is 5.33. The van der Waals surface area contributed by atoms with E-state index < -0.39 is 57.3 Å². The lowest BCUT2D eigenvalue weighted by molar-refractivity contribution is -0.136. The number of benzene rings is 3. The molecule has 1 aliphatic rings. The van der Waals surface area contributed by atoms with E-state index in [0.29, 0.717) is 18.1 Å². The molecule has 8 nitrogen and oxygen atoms in total. The Labute approximate surface area is 242 Å². The molecule has 0 saturated heterocycles. The number of carbonyl (C=O) groups is 3. The number of ether oxygens (including phenoxy) is 1. The van der Waals surface area contributed by atoms with E-state index in [4.69, 9.17) is 21.4 Å². The zero-order chi connectivity index (χ0) is 30.1. The Hall–Kier alpha value is -3.83. The van der Waals surface area contributed by atoms with Crippen molar-refractivity contribution in [3.05, 3.63) is 87.4 Å². The first-order valence-corrected chi connectivity index (χ1v) is 14.1. The van der Waals surface area contributed by atoms with Crippen LogP contribution < -0.4 is 14.8 Å². The van der Waals surface area contributed by atoms with Crippen molar-refractivity contribution in [2.45, 2.75) is 51.5 Å². The maximum Gasteiger partial charge on any atom is 0.307 e. The highest BCUT2D eigenvalue weighted by molar-refractivity contribution is 8.02. The summed E-state index contributed by atoms with van der Waals surface area (Å²) in [7, 11) is -2.43. The average Bonchev–Trinajstić information content (AvgIpc) is 3.72. The van der Waals surface area contributed by atoms with Gasteiger partial charge < -0.3 is 15.2 Å². The van der Waals surface area contributed by atoms with Crippen molar-refractivity contribution in [2.24, 2.45) is 0 Å². The van der Waals surface area contributed by atoms with Crippen LogP contribution in [0.25, 0.3) is 0 Å². The van der Waals surface area contributed by atoms with E-state index in [1.165, 1.54) is 24.3 Å². The summed E-state index contributed by atoms with van der Waals surface area (Å²) in [6, 6.07) is 10.2. The molecule has 1 atom stereocenters. The highest BCUT2D eigenvalue weighted by Crippen LogP contribution is 2.41. The monoisotopic (exact) mass is 604 g/mol. The van der Waals surface area contributed by atoms with Crippen LogP contribution in [0.3, 0.4) is 0 Å². The van der Waals surface area contributed by atoms with Crippen molar-refractivity contribution in [3.63, 3.8) is 0 Å². The number of hydrogen-bond donors (Lipinski definition) is 3. The van der Waals surface area contributed by atoms with Crippen LogP contribution in [-0.2, 0) is 22.2 Å². The van der Waals surface area contributed by atoms with Crippen LogP contribution >= 0.6 is 11.6 Å². The van der Waals surface area contributed by atoms with Crippen molar-refractivity contribution in [3.8, 4) is 11.5 Å². The van der Waals surface area contributed by atoms with E-state index >= 15 is 0 Å². The third-order valence-electron chi connectivity index (χ3n) is 6.03. The highest BCUT2D eigenvalue weighted by Gasteiger charge is 2.27. The summed E-state index contributed by atoms with van der Waals surface area (Å²) in [6.07, 6.45) is 1.33. The molecular weight excluding hydrogens is 578 g/mol. The van der Waals surface area contributed by atoms with E-state index in [1.807, 2.05) is 0 Å². The highest BCUT2D eigenvalue weighted by atomic mass is 35.5. The minimum absolute atomic E-state index is 0.0214. The maximum absolute atomic E-state index is 14.7. The molecule has 1 aliphatic carbocycles. The van der Waals surface area contributed by atoms with Gasteiger partial charge in [0.15, 0.2) is 28.3 Å². The van der Waals surface area contributed by atoms with Crippen LogP contribution in [0, 0.1) is 11.6 Å². The number of halogens is 3. The number of carboxylic acid groups (broad SMARTS) is 1. The van der Waals surface area contributed by atoms with Gasteiger partial charge in [0.05, 0.1) is 22.7 Å². The molecule has 1 unspecified atom stereocenters. The molecule has 0 aromatic heterocycles. The molecule has 3 N–H and O–H groups in total. The lowest BCUT2D eigenvalue weighted by Crippen LogP contribution is -2.40. The Kier molecular flexibility index (Phi) is 8.79. The molecule has 12 heteroatoms. The van der Waals surface area contributed by atoms with Crippen molar-refractivity contribution in [1.29, 1.82) is 0 Å². The van der Waals surface area contributed by atoms with Crippen molar-refractivity contribution in [1.82, 2.24) is 5.32 Å². The predicted molar refractivity (Wildman–Crippen MR) is 151 cm³/mol. The number of nitrogens with one attached hydrogen (secondary N) is 2. The van der Waals surface area contributed by atoms with Gasteiger partial charge in [0.25, 0.3) is 11.0 Å². The van der Waals surface area contributed by atoms with Gasteiger partial charge in [-0.3, -0.25) is 19.1 Å². The van der Waals surface area contributed by atoms with Gasteiger partial charge in [-0.05, 0) is 81.5 Å². The first-order valence-electron chi connectivity index (χ1n) is 12.6. The molecule has 1 fully saturated rings. The van der Waals surface area contributed by atoms with Crippen LogP contribution in [-0.4, -0.2) is 31.8 Å². The summed E-state index contributed by atoms with van der Waals surface area (Å²) >= 11 is 6.31. The number of anilines is 1. The third-order valence-corrected chi connectivity index (χ3v) is 7.30. The third kappa shape index (κ3) is 7.68. The minimum atomic E-state index is -2.43. The van der Waals surface area contributed by atoms with Gasteiger partial charge in [-0.1, -0.05) is 17.7 Å². The first kappa shape index (κ1) is 30.1. The molecular formula is C29H27ClF2N2O6S. The van der Waals surface area contributed by atoms with E-state index in [0.717, 1.165) is 18.4 Å². The van der Waals surface area contributed by atoms with Gasteiger partial charge in [0.1, 0.15) is 5.82 Å². The van der Waals surface area contributed by atoms with Gasteiger partial charge in [0, 0.05) is 22.7 Å². The number of carboxylic acids is 1. The summed E-state index contributed by atoms with van der Waals surface area (Å²) in [5, 5.41) is 11.0. The number of carbonyl (C=O) groups excluding carboxylic acids is 2. The van der Waals surface area contributed by atoms with Crippen LogP contribution in [0.5, 0.6) is 11.5 Å². The van der Waals surface area contributed by atoms with Crippen molar-refractivity contribution in [2.75, 3.05) is 4.72 Å². The van der Waals surface area contributed by atoms with Crippen molar-refractivity contribution >= 4 is 45.3 Å². The molecule has 216 valence electrons. The lowest BCUT2D eigenvalue weighted by atomic mass is 10.1. The topological polar surface area (TPSA) is 122 Å². The van der Waals surface area contributed by atoms with E-state index in [2.05, 4.69) is 10.0 Å². The zero-order valence-electron chi connectivity index (χ0n) is 22.3. The number of hydrogen-bond acceptors (Lipinski definition) is 5. The second kappa shape index (κ2) is 12.0. The van der Waals surface area contributed by atoms with E-state index in [1.54, 1.807) is 32.9 Å². The smallest absolute Gasteiger partial charge is 0.307 e. The van der Waals surface area contributed by atoms with Crippen LogP contribution in [0.4, 0.5) is 14.5 Å². The number of amides is 1. The average molecular weight is 605 g/mol. The molecule has 1 saturated carbocycles. The Morgan fingerprint density at radius 2 is 1.73 bits per heavy atom. The van der Waals surface area contributed by atoms with Crippen LogP contribution in [0.15, 0.2) is 48.5 Å². The second-order valence-electron chi connectivity index (χ2n) is 10.6. The van der Waals surface area contributed by atoms with Gasteiger partial charge >= 0.3 is 5.97 Å². The van der Waals surface area contributed by atoms with E-state index in [9.17, 15) is 27.4 Å². The molecule has 1 amide bonds. The van der Waals surface area contributed by atoms with Gasteiger partial charge in [0.2, 0.25) is 0 Å². The minimum Gasteiger partial charge on any atom is -0.481 e. The quantitative estimate of drug-likeness (QED) is 0.261. The Balaban J connectivity index is 1.66. The SMILES string of the molecule is CC(C)(C)NC(=O)c1ccc(Oc2cc(F)c(CC(=O)O)cc2F)c(NS(=O)C(=O)c2ccc(C3CC3)cc2Cl)c1. The molecule has 0 aliphatic heterocycles. The molecule has 0 radical (unpaired) electrons. The summed E-state index contributed by atoms with van der Waals surface area (Å²) in [5.74, 6) is -4.28. The van der Waals surface area contributed by atoms with Gasteiger partial charge in [-0.25, -0.2) is 13.0 Å². The Morgan fingerprint density at radius 3 is 2.34 bits per heavy atom. The van der Waals surface area contributed by atoms with E-state index in [-0.39, 0.29) is 33.1 Å². The van der Waals surface area contributed by atoms with Crippen molar-refractivity contribution < 1.29 is 37.2 Å². The number of rotatable bonds is 9. The standard InChI is InChI=1S/C29H27ClF2N2O6S/c1-29(2,3)33-27(37)17-7-9-24(40-25-14-21(31)18(11-22(25)32)13-26(35)36)23(12-17)34-41(39)28(38)19-8-6-16(10-20(19)30)15-4-5-15/h6-12,14-15,34H,4-5,13H2,1-3H3,(H,33,37)(H,35,36). The molecule has 4 rings (SSSR count). The fourth-order valence-electron chi connectivity index (χ4n) is 3.93. The zero-order valence-corrected chi connectivity index (χ0v) is 23.9. The van der Waals surface area contributed by atoms with Gasteiger partial charge in [-0.2, -0.15) is 0 Å². The molecule has 0 bridgehead atoms. The normalized spacial score (nSPS) is 13.8.